The van der Waals surface area contributed by atoms with E-state index in [1.165, 1.54) is 6.20 Å². The molecule has 2 rings (SSSR count). The molecule has 8 heteroatoms. The molecule has 0 bridgehead atoms. The number of carbonyl (C=O) groups excluding carboxylic acids is 1. The van der Waals surface area contributed by atoms with Crippen molar-refractivity contribution in [1.29, 1.82) is 0 Å². The van der Waals surface area contributed by atoms with Crippen LogP contribution in [-0.2, 0) is 14.8 Å². The van der Waals surface area contributed by atoms with Crippen LogP contribution in [0.2, 0.25) is 0 Å². The van der Waals surface area contributed by atoms with E-state index >= 15 is 0 Å². The minimum Gasteiger partial charge on any atom is -0.449 e. The normalized spacial score (nSPS) is 15.6. The Hall–Kier alpha value is -1.15. The highest BCUT2D eigenvalue weighted by Gasteiger charge is 2.43. The van der Waals surface area contributed by atoms with Gasteiger partial charge in [-0.1, -0.05) is 11.3 Å². The zero-order valence-electron chi connectivity index (χ0n) is 9.12. The number of carbonyl (C=O) groups is 1. The summed E-state index contributed by atoms with van der Waals surface area (Å²) >= 11 is 0.865. The number of nitrogens with zero attached hydrogens (tertiary/aromatic N) is 2. The quantitative estimate of drug-likeness (QED) is 0.826. The maximum Gasteiger partial charge on any atom is 0.424 e. The van der Waals surface area contributed by atoms with Gasteiger partial charge in [-0.3, -0.25) is 0 Å². The van der Waals surface area contributed by atoms with Gasteiger partial charge >= 0.3 is 6.09 Å². The van der Waals surface area contributed by atoms with Gasteiger partial charge in [0.25, 0.3) is 10.0 Å². The first kappa shape index (κ1) is 12.3. The van der Waals surface area contributed by atoms with E-state index in [-0.39, 0.29) is 16.9 Å². The molecule has 1 radical (unpaired) electrons. The van der Waals surface area contributed by atoms with Crippen molar-refractivity contribution in [3.63, 3.8) is 0 Å². The molecule has 1 aliphatic carbocycles. The third kappa shape index (κ3) is 2.42. The molecule has 1 amide bonds. The van der Waals surface area contributed by atoms with Crippen LogP contribution in [0.5, 0.6) is 0 Å². The second kappa shape index (κ2) is 4.61. The van der Waals surface area contributed by atoms with Crippen molar-refractivity contribution in [2.45, 2.75) is 30.0 Å². The van der Waals surface area contributed by atoms with E-state index in [0.717, 1.165) is 15.6 Å². The van der Waals surface area contributed by atoms with Gasteiger partial charge in [-0.25, -0.2) is 9.78 Å². The highest BCUT2D eigenvalue weighted by atomic mass is 32.2. The van der Waals surface area contributed by atoms with Crippen LogP contribution in [-0.4, -0.2) is 36.4 Å². The number of ether oxygens (including phenoxy) is 1. The molecule has 1 heterocycles. The number of amides is 1. The third-order valence-corrected chi connectivity index (χ3v) is 5.17. The Morgan fingerprint density at radius 2 is 2.41 bits per heavy atom. The molecular formula is C9H11N2O4S2. The second-order valence-corrected chi connectivity index (χ2v) is 6.37. The van der Waals surface area contributed by atoms with E-state index in [0.29, 0.717) is 12.8 Å². The Morgan fingerprint density at radius 1 is 1.71 bits per heavy atom. The van der Waals surface area contributed by atoms with Crippen molar-refractivity contribution in [2.75, 3.05) is 6.61 Å². The Morgan fingerprint density at radius 3 is 2.88 bits per heavy atom. The van der Waals surface area contributed by atoms with E-state index in [4.69, 9.17) is 4.74 Å². The maximum absolute atomic E-state index is 12.2. The summed E-state index contributed by atoms with van der Waals surface area (Å²) in [5.74, 6) is 0. The average Bonchev–Trinajstić information content (AvgIpc) is 2.92. The van der Waals surface area contributed by atoms with Gasteiger partial charge in [0.1, 0.15) is 0 Å². The Balaban J connectivity index is 2.30. The smallest absolute Gasteiger partial charge is 0.424 e. The van der Waals surface area contributed by atoms with Crippen LogP contribution in [0.15, 0.2) is 10.4 Å². The summed E-state index contributed by atoms with van der Waals surface area (Å²) in [4.78, 5) is 15.3. The summed E-state index contributed by atoms with van der Waals surface area (Å²) in [5.41, 5.74) is 2.45. The molecule has 0 saturated heterocycles. The Kier molecular flexibility index (Phi) is 3.34. The van der Waals surface area contributed by atoms with Gasteiger partial charge in [0.05, 0.1) is 18.8 Å². The summed E-state index contributed by atoms with van der Waals surface area (Å²) in [6.45, 7) is 1.78. The molecule has 93 valence electrons. The summed E-state index contributed by atoms with van der Waals surface area (Å²) < 4.78 is 29.9. The predicted molar refractivity (Wildman–Crippen MR) is 60.0 cm³/mol. The fourth-order valence-electron chi connectivity index (χ4n) is 1.33. The molecule has 1 aromatic heterocycles. The molecule has 1 fully saturated rings. The van der Waals surface area contributed by atoms with Gasteiger partial charge in [-0.2, -0.15) is 12.7 Å². The number of hydrogen-bond acceptors (Lipinski definition) is 6. The van der Waals surface area contributed by atoms with Crippen molar-refractivity contribution in [2.24, 2.45) is 0 Å². The molecule has 1 aromatic rings. The number of sulfonamides is 1. The minimum atomic E-state index is -3.83. The monoisotopic (exact) mass is 275 g/mol. The molecule has 0 atom stereocenters. The van der Waals surface area contributed by atoms with E-state index in [2.05, 4.69) is 10.5 Å². The van der Waals surface area contributed by atoms with Crippen molar-refractivity contribution < 1.29 is 17.9 Å². The zero-order valence-corrected chi connectivity index (χ0v) is 10.8. The van der Waals surface area contributed by atoms with Crippen molar-refractivity contribution in [3.8, 4) is 0 Å². The lowest BCUT2D eigenvalue weighted by Gasteiger charge is -2.19. The Bertz CT molecular complexity index is 493. The van der Waals surface area contributed by atoms with Crippen molar-refractivity contribution in [3.05, 3.63) is 11.7 Å². The van der Waals surface area contributed by atoms with Gasteiger partial charge in [-0.15, -0.1) is 0 Å². The Labute approximate surface area is 103 Å². The van der Waals surface area contributed by atoms with Crippen LogP contribution in [0.1, 0.15) is 19.8 Å². The van der Waals surface area contributed by atoms with Crippen LogP contribution >= 0.6 is 11.3 Å². The van der Waals surface area contributed by atoms with Crippen molar-refractivity contribution in [1.82, 2.24) is 9.29 Å². The van der Waals surface area contributed by atoms with E-state index in [9.17, 15) is 13.2 Å². The molecule has 0 N–H and O–H groups in total. The standard InChI is InChI=1S/C9H11N2O4S2/c1-2-15-9(12)11(7-3-4-7)17(13,14)8-5-10-6-16-8/h5,7H,2-4H2,1H3. The van der Waals surface area contributed by atoms with Gasteiger partial charge in [0.15, 0.2) is 9.72 Å². The van der Waals surface area contributed by atoms with Crippen LogP contribution < -0.4 is 0 Å². The molecule has 0 spiro atoms. The number of aromatic nitrogens is 1. The molecule has 6 nitrogen and oxygen atoms in total. The maximum atomic E-state index is 12.2. The van der Waals surface area contributed by atoms with Crippen LogP contribution in [0.4, 0.5) is 4.79 Å². The lowest BCUT2D eigenvalue weighted by Crippen LogP contribution is -2.38. The van der Waals surface area contributed by atoms with Gasteiger partial charge in [-0.05, 0) is 19.8 Å². The molecule has 0 aliphatic heterocycles. The second-order valence-electron chi connectivity index (χ2n) is 3.50. The lowest BCUT2D eigenvalue weighted by molar-refractivity contribution is 0.129. The molecule has 1 aliphatic rings. The first-order chi connectivity index (χ1) is 8.07. The fraction of sp³-hybridized carbons (Fsp3) is 0.556. The summed E-state index contributed by atoms with van der Waals surface area (Å²) in [5, 5.41) is 0. The summed E-state index contributed by atoms with van der Waals surface area (Å²) in [7, 11) is -3.83. The number of thiazole rings is 1. The first-order valence-electron chi connectivity index (χ1n) is 5.10. The molecular weight excluding hydrogens is 264 g/mol. The predicted octanol–water partition coefficient (Wildman–Crippen LogP) is 1.25. The molecule has 0 unspecified atom stereocenters. The van der Waals surface area contributed by atoms with Crippen LogP contribution in [0.25, 0.3) is 0 Å². The lowest BCUT2D eigenvalue weighted by atomic mass is 10.7. The summed E-state index contributed by atoms with van der Waals surface area (Å²) in [6, 6.07) is -0.277. The third-order valence-electron chi connectivity index (χ3n) is 2.21. The number of hydrogen-bond donors (Lipinski definition) is 0. The largest absolute Gasteiger partial charge is 0.449 e. The van der Waals surface area contributed by atoms with E-state index in [1.807, 2.05) is 0 Å². The SMILES string of the molecule is CCOC(=O)N(C1CC1)S(=O)(=O)c1cn[c]s1. The minimum absolute atomic E-state index is 0.0115. The molecule has 17 heavy (non-hydrogen) atoms. The van der Waals surface area contributed by atoms with Crippen LogP contribution in [0, 0.1) is 5.51 Å². The average molecular weight is 275 g/mol. The topological polar surface area (TPSA) is 76.6 Å². The van der Waals surface area contributed by atoms with Crippen LogP contribution in [0.3, 0.4) is 0 Å². The molecule has 1 saturated carbocycles. The zero-order chi connectivity index (χ0) is 12.5. The van der Waals surface area contributed by atoms with Gasteiger partial charge in [0.2, 0.25) is 0 Å². The first-order valence-corrected chi connectivity index (χ1v) is 7.36. The summed E-state index contributed by atoms with van der Waals surface area (Å²) in [6.07, 6.45) is 1.74. The van der Waals surface area contributed by atoms with Gasteiger partial charge < -0.3 is 4.74 Å². The van der Waals surface area contributed by atoms with Gasteiger partial charge in [0, 0.05) is 0 Å². The van der Waals surface area contributed by atoms with E-state index in [1.54, 1.807) is 6.92 Å². The highest BCUT2D eigenvalue weighted by Crippen LogP contribution is 2.33. The van der Waals surface area contributed by atoms with Crippen molar-refractivity contribution >= 4 is 27.5 Å². The molecule has 0 aromatic carbocycles. The number of rotatable bonds is 4. The highest BCUT2D eigenvalue weighted by molar-refractivity contribution is 7.91. The fourth-order valence-corrected chi connectivity index (χ4v) is 3.64. The van der Waals surface area contributed by atoms with E-state index < -0.39 is 16.1 Å².